The minimum absolute atomic E-state index is 0.0149. The van der Waals surface area contributed by atoms with Crippen LogP contribution in [0.3, 0.4) is 0 Å². The van der Waals surface area contributed by atoms with Gasteiger partial charge in [0.1, 0.15) is 17.3 Å². The summed E-state index contributed by atoms with van der Waals surface area (Å²) < 4.78 is 5.61. The topological polar surface area (TPSA) is 127 Å². The van der Waals surface area contributed by atoms with Gasteiger partial charge in [-0.3, -0.25) is 10.1 Å². The van der Waals surface area contributed by atoms with Crippen LogP contribution in [0.15, 0.2) is 75.3 Å². The summed E-state index contributed by atoms with van der Waals surface area (Å²) in [6, 6.07) is 15.7. The van der Waals surface area contributed by atoms with Crippen molar-refractivity contribution in [3.05, 3.63) is 82.1 Å². The number of nitro benzene ring substituents is 1. The smallest absolute Gasteiger partial charge is 0.269 e. The number of hydrogen-bond donors (Lipinski definition) is 2. The standard InChI is InChI=1S/C18H14N4O4/c19-18(13-3-7-15(23)8-4-13)21-20-11-16-9-10-17(26-16)12-1-5-14(6-2-12)22(24)25/h1-11,23H,(H2,19,21)/b20-11+. The van der Waals surface area contributed by atoms with E-state index in [1.54, 1.807) is 36.4 Å². The third-order valence-corrected chi connectivity index (χ3v) is 3.50. The molecule has 0 atom stereocenters. The SMILES string of the molecule is N/C(=N/N=C/c1ccc(-c2ccc([N+](=O)[O-])cc2)o1)c1ccc(O)cc1. The number of nitrogens with two attached hydrogens (primary N) is 1. The number of furan rings is 1. The Morgan fingerprint density at radius 1 is 1.08 bits per heavy atom. The molecule has 130 valence electrons. The van der Waals surface area contributed by atoms with Crippen molar-refractivity contribution in [2.45, 2.75) is 0 Å². The quantitative estimate of drug-likeness (QED) is 0.316. The molecular formula is C18H14N4O4. The highest BCUT2D eigenvalue weighted by atomic mass is 16.6. The van der Waals surface area contributed by atoms with E-state index in [1.165, 1.54) is 30.5 Å². The van der Waals surface area contributed by atoms with Crippen LogP contribution >= 0.6 is 0 Å². The molecule has 0 bridgehead atoms. The highest BCUT2D eigenvalue weighted by molar-refractivity contribution is 5.97. The van der Waals surface area contributed by atoms with Crippen LogP contribution < -0.4 is 5.73 Å². The second-order valence-corrected chi connectivity index (χ2v) is 5.28. The molecule has 26 heavy (non-hydrogen) atoms. The fraction of sp³-hybridized carbons (Fsp3) is 0. The van der Waals surface area contributed by atoms with Crippen molar-refractivity contribution < 1.29 is 14.4 Å². The van der Waals surface area contributed by atoms with Crippen LogP contribution in [0.4, 0.5) is 5.69 Å². The summed E-state index contributed by atoms with van der Waals surface area (Å²) in [6.07, 6.45) is 1.40. The molecule has 3 aromatic rings. The number of non-ortho nitro benzene ring substituents is 1. The Kier molecular flexibility index (Phi) is 4.75. The molecule has 0 saturated carbocycles. The van der Waals surface area contributed by atoms with Crippen LogP contribution in [-0.4, -0.2) is 22.1 Å². The van der Waals surface area contributed by atoms with Crippen molar-refractivity contribution in [2.24, 2.45) is 15.9 Å². The molecule has 0 aliphatic rings. The van der Waals surface area contributed by atoms with E-state index in [-0.39, 0.29) is 17.3 Å². The van der Waals surface area contributed by atoms with Crippen molar-refractivity contribution in [1.29, 1.82) is 0 Å². The van der Waals surface area contributed by atoms with Gasteiger partial charge in [0.25, 0.3) is 5.69 Å². The first-order chi connectivity index (χ1) is 12.5. The lowest BCUT2D eigenvalue weighted by atomic mass is 10.1. The Morgan fingerprint density at radius 2 is 1.77 bits per heavy atom. The first kappa shape index (κ1) is 16.9. The molecule has 8 nitrogen and oxygen atoms in total. The number of nitrogens with zero attached hydrogens (tertiary/aromatic N) is 3. The van der Waals surface area contributed by atoms with E-state index in [4.69, 9.17) is 10.2 Å². The minimum atomic E-state index is -0.458. The van der Waals surface area contributed by atoms with Gasteiger partial charge in [0.15, 0.2) is 5.84 Å². The van der Waals surface area contributed by atoms with Crippen LogP contribution in [0.1, 0.15) is 11.3 Å². The van der Waals surface area contributed by atoms with Gasteiger partial charge in [0.05, 0.1) is 11.1 Å². The van der Waals surface area contributed by atoms with E-state index in [1.807, 2.05) is 0 Å². The molecule has 0 saturated heterocycles. The third-order valence-electron chi connectivity index (χ3n) is 3.50. The van der Waals surface area contributed by atoms with Crippen molar-refractivity contribution in [2.75, 3.05) is 0 Å². The van der Waals surface area contributed by atoms with E-state index >= 15 is 0 Å². The minimum Gasteiger partial charge on any atom is -0.508 e. The lowest BCUT2D eigenvalue weighted by Crippen LogP contribution is -2.12. The predicted octanol–water partition coefficient (Wildman–Crippen LogP) is 3.30. The molecule has 0 aliphatic carbocycles. The summed E-state index contributed by atoms with van der Waals surface area (Å²) >= 11 is 0. The van der Waals surface area contributed by atoms with Crippen molar-refractivity contribution >= 4 is 17.7 Å². The fourth-order valence-electron chi connectivity index (χ4n) is 2.16. The number of amidine groups is 1. The largest absolute Gasteiger partial charge is 0.508 e. The van der Waals surface area contributed by atoms with Crippen LogP contribution in [0, 0.1) is 10.1 Å². The van der Waals surface area contributed by atoms with Gasteiger partial charge >= 0.3 is 0 Å². The number of phenolic OH excluding ortho intramolecular Hbond substituents is 1. The molecular weight excluding hydrogens is 336 g/mol. The number of aromatic hydroxyl groups is 1. The van der Waals surface area contributed by atoms with E-state index < -0.39 is 4.92 Å². The van der Waals surface area contributed by atoms with Crippen molar-refractivity contribution in [1.82, 2.24) is 0 Å². The first-order valence-electron chi connectivity index (χ1n) is 7.53. The average molecular weight is 350 g/mol. The van der Waals surface area contributed by atoms with Crippen LogP contribution in [0.5, 0.6) is 5.75 Å². The molecule has 3 N–H and O–H groups in total. The number of benzene rings is 2. The Morgan fingerprint density at radius 3 is 2.42 bits per heavy atom. The van der Waals surface area contributed by atoms with Crippen molar-refractivity contribution in [3.63, 3.8) is 0 Å². The molecule has 3 rings (SSSR count). The van der Waals surface area contributed by atoms with Gasteiger partial charge in [-0.25, -0.2) is 0 Å². The van der Waals surface area contributed by atoms with Gasteiger partial charge in [0, 0.05) is 23.3 Å². The van der Waals surface area contributed by atoms with Gasteiger partial charge in [0.2, 0.25) is 0 Å². The Balaban J connectivity index is 1.71. The predicted molar refractivity (Wildman–Crippen MR) is 97.2 cm³/mol. The van der Waals surface area contributed by atoms with E-state index in [2.05, 4.69) is 10.2 Å². The second-order valence-electron chi connectivity index (χ2n) is 5.28. The Hall–Kier alpha value is -3.94. The lowest BCUT2D eigenvalue weighted by molar-refractivity contribution is -0.384. The third kappa shape index (κ3) is 3.93. The van der Waals surface area contributed by atoms with Crippen LogP contribution in [-0.2, 0) is 0 Å². The summed E-state index contributed by atoms with van der Waals surface area (Å²) in [5, 5.41) is 27.7. The maximum absolute atomic E-state index is 10.7. The van der Waals surface area contributed by atoms with Gasteiger partial charge in [-0.05, 0) is 48.5 Å². The molecule has 8 heteroatoms. The zero-order valence-corrected chi connectivity index (χ0v) is 13.4. The van der Waals surface area contributed by atoms with Gasteiger partial charge < -0.3 is 15.3 Å². The monoisotopic (exact) mass is 350 g/mol. The van der Waals surface area contributed by atoms with Crippen LogP contribution in [0.25, 0.3) is 11.3 Å². The number of rotatable bonds is 5. The van der Waals surface area contributed by atoms with Gasteiger partial charge in [-0.15, -0.1) is 5.10 Å². The lowest BCUT2D eigenvalue weighted by Gasteiger charge is -1.98. The molecule has 0 amide bonds. The number of nitro groups is 1. The number of hydrogen-bond acceptors (Lipinski definition) is 6. The first-order valence-corrected chi connectivity index (χ1v) is 7.53. The summed E-state index contributed by atoms with van der Waals surface area (Å²) in [6.45, 7) is 0. The molecule has 1 aromatic heterocycles. The molecule has 0 unspecified atom stereocenters. The van der Waals surface area contributed by atoms with E-state index in [0.717, 1.165) is 0 Å². The Labute approximate surface area is 148 Å². The summed E-state index contributed by atoms with van der Waals surface area (Å²) in [5.41, 5.74) is 7.17. The Bertz CT molecular complexity index is 973. The zero-order valence-electron chi connectivity index (χ0n) is 13.4. The van der Waals surface area contributed by atoms with E-state index in [0.29, 0.717) is 22.6 Å². The molecule has 0 fully saturated rings. The molecule has 0 aliphatic heterocycles. The van der Waals surface area contributed by atoms with Gasteiger partial charge in [-0.1, -0.05) is 0 Å². The molecule has 2 aromatic carbocycles. The van der Waals surface area contributed by atoms with Gasteiger partial charge in [-0.2, -0.15) is 5.10 Å². The fourth-order valence-corrected chi connectivity index (χ4v) is 2.16. The number of phenols is 1. The molecule has 1 heterocycles. The summed E-state index contributed by atoms with van der Waals surface area (Å²) in [5.74, 6) is 1.35. The summed E-state index contributed by atoms with van der Waals surface area (Å²) in [7, 11) is 0. The highest BCUT2D eigenvalue weighted by Crippen LogP contribution is 2.24. The highest BCUT2D eigenvalue weighted by Gasteiger charge is 2.07. The second kappa shape index (κ2) is 7.31. The van der Waals surface area contributed by atoms with Crippen molar-refractivity contribution in [3.8, 4) is 17.1 Å². The average Bonchev–Trinajstić information content (AvgIpc) is 3.11. The maximum Gasteiger partial charge on any atom is 0.269 e. The summed E-state index contributed by atoms with van der Waals surface area (Å²) in [4.78, 5) is 10.2. The van der Waals surface area contributed by atoms with Crippen LogP contribution in [0.2, 0.25) is 0 Å². The molecule has 0 spiro atoms. The molecule has 0 radical (unpaired) electrons. The zero-order chi connectivity index (χ0) is 18.5. The van der Waals surface area contributed by atoms with E-state index in [9.17, 15) is 15.2 Å². The normalized spacial score (nSPS) is 11.8. The maximum atomic E-state index is 10.7.